The van der Waals surface area contributed by atoms with Crippen molar-refractivity contribution in [2.75, 3.05) is 5.32 Å². The summed E-state index contributed by atoms with van der Waals surface area (Å²) in [6.07, 6.45) is 1.92. The summed E-state index contributed by atoms with van der Waals surface area (Å²) in [5, 5.41) is 12.0. The van der Waals surface area contributed by atoms with Crippen LogP contribution in [0.2, 0.25) is 0 Å². The number of thiazole rings is 1. The second-order valence-electron chi connectivity index (χ2n) is 3.78. The van der Waals surface area contributed by atoms with Gasteiger partial charge in [-0.3, -0.25) is 15.2 Å². The molecule has 0 atom stereocenters. The lowest BCUT2D eigenvalue weighted by Crippen LogP contribution is -2.12. The van der Waals surface area contributed by atoms with Gasteiger partial charge in [-0.05, 0) is 19.4 Å². The van der Waals surface area contributed by atoms with E-state index < -0.39 is 0 Å². The number of rotatable bonds is 4. The van der Waals surface area contributed by atoms with Crippen molar-refractivity contribution in [2.45, 2.75) is 26.7 Å². The van der Waals surface area contributed by atoms with Gasteiger partial charge < -0.3 is 0 Å². The lowest BCUT2D eigenvalue weighted by atomic mass is 10.2. The first-order valence-electron chi connectivity index (χ1n) is 5.47. The van der Waals surface area contributed by atoms with Gasteiger partial charge in [0.15, 0.2) is 10.8 Å². The Labute approximate surface area is 103 Å². The minimum atomic E-state index is -0.224. The van der Waals surface area contributed by atoms with E-state index in [0.717, 1.165) is 24.2 Å². The van der Waals surface area contributed by atoms with E-state index in [4.69, 9.17) is 0 Å². The first-order chi connectivity index (χ1) is 8.19. The fourth-order valence-corrected chi connectivity index (χ4v) is 2.13. The highest BCUT2D eigenvalue weighted by molar-refractivity contribution is 7.13. The molecule has 2 heterocycles. The summed E-state index contributed by atoms with van der Waals surface area (Å²) < 4.78 is 0. The quantitative estimate of drug-likeness (QED) is 0.875. The monoisotopic (exact) mass is 250 g/mol. The van der Waals surface area contributed by atoms with Gasteiger partial charge in [0.2, 0.25) is 0 Å². The average molecular weight is 250 g/mol. The van der Waals surface area contributed by atoms with Crippen molar-refractivity contribution < 1.29 is 4.79 Å². The molecule has 0 aliphatic carbocycles. The van der Waals surface area contributed by atoms with Crippen molar-refractivity contribution in [1.29, 1.82) is 0 Å². The van der Waals surface area contributed by atoms with Gasteiger partial charge in [-0.1, -0.05) is 13.3 Å². The van der Waals surface area contributed by atoms with Crippen LogP contribution in [0.3, 0.4) is 0 Å². The number of anilines is 1. The van der Waals surface area contributed by atoms with Gasteiger partial charge in [-0.2, -0.15) is 5.10 Å². The first kappa shape index (κ1) is 11.8. The zero-order chi connectivity index (χ0) is 12.3. The molecule has 0 aliphatic heterocycles. The van der Waals surface area contributed by atoms with E-state index in [2.05, 4.69) is 27.4 Å². The van der Waals surface area contributed by atoms with Crippen LogP contribution < -0.4 is 5.32 Å². The molecule has 0 bridgehead atoms. The predicted molar refractivity (Wildman–Crippen MR) is 67.4 cm³/mol. The fourth-order valence-electron chi connectivity index (χ4n) is 1.45. The van der Waals surface area contributed by atoms with Crippen LogP contribution in [0.25, 0.3) is 0 Å². The SMILES string of the molecule is CCCc1cc(C(=O)Nc2nc(C)cs2)n[nH]1. The summed E-state index contributed by atoms with van der Waals surface area (Å²) in [7, 11) is 0. The summed E-state index contributed by atoms with van der Waals surface area (Å²) in [5.74, 6) is -0.224. The number of H-pyrrole nitrogens is 1. The summed E-state index contributed by atoms with van der Waals surface area (Å²) in [4.78, 5) is 16.0. The van der Waals surface area contributed by atoms with Crippen molar-refractivity contribution in [2.24, 2.45) is 0 Å². The van der Waals surface area contributed by atoms with Crippen molar-refractivity contribution in [3.05, 3.63) is 28.5 Å². The normalized spacial score (nSPS) is 10.5. The van der Waals surface area contributed by atoms with E-state index in [1.165, 1.54) is 11.3 Å². The largest absolute Gasteiger partial charge is 0.296 e. The molecule has 6 heteroatoms. The highest BCUT2D eigenvalue weighted by Crippen LogP contribution is 2.15. The predicted octanol–water partition coefficient (Wildman–Crippen LogP) is 2.38. The standard InChI is InChI=1S/C11H14N4OS/c1-3-4-8-5-9(15-14-8)10(16)13-11-12-7(2)6-17-11/h5-6H,3-4H2,1-2H3,(H,14,15)(H,12,13,16). The molecule has 0 saturated carbocycles. The minimum absolute atomic E-state index is 0.224. The number of aromatic amines is 1. The van der Waals surface area contributed by atoms with Crippen LogP contribution in [0.1, 0.15) is 35.2 Å². The van der Waals surface area contributed by atoms with Crippen LogP contribution in [0, 0.1) is 6.92 Å². The number of hydrogen-bond donors (Lipinski definition) is 2. The maximum atomic E-state index is 11.8. The molecule has 0 spiro atoms. The molecular weight excluding hydrogens is 236 g/mol. The Morgan fingerprint density at radius 3 is 3.06 bits per heavy atom. The van der Waals surface area contributed by atoms with E-state index in [0.29, 0.717) is 10.8 Å². The third kappa shape index (κ3) is 2.91. The first-order valence-corrected chi connectivity index (χ1v) is 6.34. The summed E-state index contributed by atoms with van der Waals surface area (Å²) in [6, 6.07) is 1.78. The third-order valence-corrected chi connectivity index (χ3v) is 3.10. The van der Waals surface area contributed by atoms with E-state index in [9.17, 15) is 4.79 Å². The van der Waals surface area contributed by atoms with Crippen molar-refractivity contribution in [3.63, 3.8) is 0 Å². The van der Waals surface area contributed by atoms with E-state index in [1.54, 1.807) is 6.07 Å². The smallest absolute Gasteiger partial charge is 0.277 e. The number of aromatic nitrogens is 3. The Hall–Kier alpha value is -1.69. The Morgan fingerprint density at radius 1 is 1.59 bits per heavy atom. The van der Waals surface area contributed by atoms with Crippen LogP contribution in [0.5, 0.6) is 0 Å². The van der Waals surface area contributed by atoms with Crippen molar-refractivity contribution >= 4 is 22.4 Å². The van der Waals surface area contributed by atoms with Gasteiger partial charge in [0.05, 0.1) is 5.69 Å². The Balaban J connectivity index is 2.03. The molecule has 17 heavy (non-hydrogen) atoms. The number of aryl methyl sites for hydroxylation is 2. The molecule has 0 fully saturated rings. The van der Waals surface area contributed by atoms with Crippen LogP contribution in [0.4, 0.5) is 5.13 Å². The molecule has 0 aromatic carbocycles. The zero-order valence-electron chi connectivity index (χ0n) is 9.78. The number of amides is 1. The van der Waals surface area contributed by atoms with Gasteiger partial charge in [-0.25, -0.2) is 4.98 Å². The van der Waals surface area contributed by atoms with E-state index >= 15 is 0 Å². The third-order valence-electron chi connectivity index (χ3n) is 2.22. The summed E-state index contributed by atoms with van der Waals surface area (Å²) >= 11 is 1.41. The number of nitrogens with zero attached hydrogens (tertiary/aromatic N) is 2. The van der Waals surface area contributed by atoms with Crippen molar-refractivity contribution in [3.8, 4) is 0 Å². The van der Waals surface area contributed by atoms with Gasteiger partial charge >= 0.3 is 0 Å². The molecule has 90 valence electrons. The highest BCUT2D eigenvalue weighted by Gasteiger charge is 2.11. The Bertz CT molecular complexity index is 517. The molecule has 2 aromatic heterocycles. The molecule has 2 rings (SSSR count). The van der Waals surface area contributed by atoms with Crippen molar-refractivity contribution in [1.82, 2.24) is 15.2 Å². The molecular formula is C11H14N4OS. The van der Waals surface area contributed by atoms with Crippen LogP contribution >= 0.6 is 11.3 Å². The lowest BCUT2D eigenvalue weighted by molar-refractivity contribution is 0.102. The topological polar surface area (TPSA) is 70.7 Å². The second-order valence-corrected chi connectivity index (χ2v) is 4.63. The maximum Gasteiger partial charge on any atom is 0.277 e. The second kappa shape index (κ2) is 5.09. The Morgan fingerprint density at radius 2 is 2.41 bits per heavy atom. The average Bonchev–Trinajstić information content (AvgIpc) is 2.88. The molecule has 0 unspecified atom stereocenters. The molecule has 2 N–H and O–H groups in total. The van der Waals surface area contributed by atoms with Crippen LogP contribution in [-0.2, 0) is 6.42 Å². The molecule has 0 saturated heterocycles. The number of nitrogens with one attached hydrogen (secondary N) is 2. The van der Waals surface area contributed by atoms with Crippen LogP contribution in [0.15, 0.2) is 11.4 Å². The zero-order valence-corrected chi connectivity index (χ0v) is 10.6. The molecule has 0 aliphatic rings. The molecule has 0 radical (unpaired) electrons. The van der Waals surface area contributed by atoms with Gasteiger partial charge in [0, 0.05) is 11.1 Å². The molecule has 5 nitrogen and oxygen atoms in total. The number of carbonyl (C=O) groups excluding carboxylic acids is 1. The van der Waals surface area contributed by atoms with E-state index in [-0.39, 0.29) is 5.91 Å². The number of hydrogen-bond acceptors (Lipinski definition) is 4. The van der Waals surface area contributed by atoms with Crippen LogP contribution in [-0.4, -0.2) is 21.1 Å². The molecule has 1 amide bonds. The highest BCUT2D eigenvalue weighted by atomic mass is 32.1. The van der Waals surface area contributed by atoms with E-state index in [1.807, 2.05) is 12.3 Å². The summed E-state index contributed by atoms with van der Waals surface area (Å²) in [6.45, 7) is 3.97. The van der Waals surface area contributed by atoms with Gasteiger partial charge in [0.1, 0.15) is 0 Å². The Kier molecular flexibility index (Phi) is 3.53. The lowest BCUT2D eigenvalue weighted by Gasteiger charge is -1.96. The fraction of sp³-hybridized carbons (Fsp3) is 0.364. The van der Waals surface area contributed by atoms with Gasteiger partial charge in [0.25, 0.3) is 5.91 Å². The molecule has 2 aromatic rings. The van der Waals surface area contributed by atoms with Gasteiger partial charge in [-0.15, -0.1) is 11.3 Å². The maximum absolute atomic E-state index is 11.8. The minimum Gasteiger partial charge on any atom is -0.296 e. The number of carbonyl (C=O) groups is 1. The summed E-state index contributed by atoms with van der Waals surface area (Å²) in [5.41, 5.74) is 2.29.